The summed E-state index contributed by atoms with van der Waals surface area (Å²) in [6, 6.07) is 8.30. The van der Waals surface area contributed by atoms with Gasteiger partial charge in [-0.05, 0) is 39.8 Å². The maximum Gasteiger partial charge on any atom is 0.107 e. The van der Waals surface area contributed by atoms with Gasteiger partial charge in [0.25, 0.3) is 0 Å². The van der Waals surface area contributed by atoms with Crippen molar-refractivity contribution in [1.29, 1.82) is 0 Å². The first-order valence-corrected chi connectivity index (χ1v) is 7.93. The lowest BCUT2D eigenvalue weighted by atomic mass is 10.1. The quantitative estimate of drug-likeness (QED) is 0.871. The summed E-state index contributed by atoms with van der Waals surface area (Å²) in [5.74, 6) is 0. The third kappa shape index (κ3) is 4.13. The van der Waals surface area contributed by atoms with Gasteiger partial charge in [-0.3, -0.25) is 0 Å². The molecule has 1 heterocycles. The maximum absolute atomic E-state index is 4.76. The lowest BCUT2D eigenvalue weighted by Gasteiger charge is -2.19. The van der Waals surface area contributed by atoms with E-state index in [0.29, 0.717) is 0 Å². The lowest BCUT2D eigenvalue weighted by molar-refractivity contribution is 0.424. The van der Waals surface area contributed by atoms with E-state index in [4.69, 9.17) is 4.98 Å². The zero-order chi connectivity index (χ0) is 14.0. The fourth-order valence-electron chi connectivity index (χ4n) is 1.77. The molecule has 0 spiro atoms. The molecular formula is C15H19BrN2S. The predicted octanol–water partition coefficient (Wildman–Crippen LogP) is 4.77. The minimum Gasteiger partial charge on any atom is -0.306 e. The number of nitrogens with one attached hydrogen (secondary N) is 1. The summed E-state index contributed by atoms with van der Waals surface area (Å²) >= 11 is 5.28. The fourth-order valence-corrected chi connectivity index (χ4v) is 3.07. The van der Waals surface area contributed by atoms with Crippen molar-refractivity contribution in [1.82, 2.24) is 10.3 Å². The van der Waals surface area contributed by atoms with Gasteiger partial charge >= 0.3 is 0 Å². The summed E-state index contributed by atoms with van der Waals surface area (Å²) in [4.78, 5) is 6.03. The van der Waals surface area contributed by atoms with Gasteiger partial charge in [-0.2, -0.15) is 0 Å². The summed E-state index contributed by atoms with van der Waals surface area (Å²) in [7, 11) is 0. The SMILES string of the molecule is Cc1sc(CNC(C)(C)C)nc1-c1cccc(Br)c1. The van der Waals surface area contributed by atoms with Crippen LogP contribution in [0.25, 0.3) is 11.3 Å². The second kappa shape index (κ2) is 5.73. The van der Waals surface area contributed by atoms with Crippen molar-refractivity contribution in [3.63, 3.8) is 0 Å². The van der Waals surface area contributed by atoms with Gasteiger partial charge in [-0.1, -0.05) is 28.1 Å². The van der Waals surface area contributed by atoms with Gasteiger partial charge in [0.2, 0.25) is 0 Å². The molecule has 1 N–H and O–H groups in total. The van der Waals surface area contributed by atoms with Crippen LogP contribution < -0.4 is 5.32 Å². The predicted molar refractivity (Wildman–Crippen MR) is 86.6 cm³/mol. The van der Waals surface area contributed by atoms with Crippen LogP contribution in [-0.2, 0) is 6.54 Å². The highest BCUT2D eigenvalue weighted by Gasteiger charge is 2.13. The number of thiazole rings is 1. The van der Waals surface area contributed by atoms with Crippen LogP contribution in [0.4, 0.5) is 0 Å². The topological polar surface area (TPSA) is 24.9 Å². The molecule has 102 valence electrons. The molecule has 0 saturated carbocycles. The van der Waals surface area contributed by atoms with Crippen molar-refractivity contribution in [2.45, 2.75) is 39.8 Å². The van der Waals surface area contributed by atoms with E-state index in [2.05, 4.69) is 61.1 Å². The molecule has 0 aliphatic rings. The number of halogens is 1. The van der Waals surface area contributed by atoms with Crippen LogP contribution in [0.3, 0.4) is 0 Å². The van der Waals surface area contributed by atoms with E-state index in [1.54, 1.807) is 11.3 Å². The average molecular weight is 339 g/mol. The zero-order valence-electron chi connectivity index (χ0n) is 11.7. The molecule has 19 heavy (non-hydrogen) atoms. The summed E-state index contributed by atoms with van der Waals surface area (Å²) < 4.78 is 1.09. The molecule has 0 unspecified atom stereocenters. The van der Waals surface area contributed by atoms with Crippen LogP contribution in [0.1, 0.15) is 30.7 Å². The number of aromatic nitrogens is 1. The number of benzene rings is 1. The number of hydrogen-bond donors (Lipinski definition) is 1. The van der Waals surface area contributed by atoms with E-state index in [9.17, 15) is 0 Å². The van der Waals surface area contributed by atoms with Crippen molar-refractivity contribution in [2.75, 3.05) is 0 Å². The Labute approximate surface area is 127 Å². The largest absolute Gasteiger partial charge is 0.306 e. The van der Waals surface area contributed by atoms with Crippen LogP contribution in [0.2, 0.25) is 0 Å². The molecule has 0 aliphatic heterocycles. The Morgan fingerprint density at radius 3 is 2.68 bits per heavy atom. The van der Waals surface area contributed by atoms with E-state index < -0.39 is 0 Å². The molecule has 2 nitrogen and oxygen atoms in total. The van der Waals surface area contributed by atoms with Gasteiger partial charge in [0.05, 0.1) is 5.69 Å². The number of aryl methyl sites for hydroxylation is 1. The van der Waals surface area contributed by atoms with E-state index in [-0.39, 0.29) is 5.54 Å². The molecular weight excluding hydrogens is 320 g/mol. The van der Waals surface area contributed by atoms with E-state index in [0.717, 1.165) is 21.7 Å². The Balaban J connectivity index is 2.22. The highest BCUT2D eigenvalue weighted by atomic mass is 79.9. The molecule has 0 bridgehead atoms. The molecule has 0 atom stereocenters. The van der Waals surface area contributed by atoms with Gasteiger partial charge in [-0.15, -0.1) is 11.3 Å². The van der Waals surface area contributed by atoms with Crippen LogP contribution in [-0.4, -0.2) is 10.5 Å². The van der Waals surface area contributed by atoms with Crippen molar-refractivity contribution >= 4 is 27.3 Å². The summed E-state index contributed by atoms with van der Waals surface area (Å²) in [5.41, 5.74) is 2.39. The van der Waals surface area contributed by atoms with Crippen molar-refractivity contribution < 1.29 is 0 Å². The van der Waals surface area contributed by atoms with Gasteiger partial charge in [0.15, 0.2) is 0 Å². The normalized spacial score (nSPS) is 11.8. The lowest BCUT2D eigenvalue weighted by Crippen LogP contribution is -2.34. The molecule has 0 fully saturated rings. The van der Waals surface area contributed by atoms with E-state index in [1.165, 1.54) is 10.4 Å². The van der Waals surface area contributed by atoms with Gasteiger partial charge in [0, 0.05) is 27.0 Å². The first-order chi connectivity index (χ1) is 8.85. The van der Waals surface area contributed by atoms with Crippen LogP contribution >= 0.6 is 27.3 Å². The Kier molecular flexibility index (Phi) is 4.43. The molecule has 0 amide bonds. The summed E-state index contributed by atoms with van der Waals surface area (Å²) in [6.45, 7) is 9.46. The average Bonchev–Trinajstić information content (AvgIpc) is 2.67. The van der Waals surface area contributed by atoms with Gasteiger partial charge in [-0.25, -0.2) is 4.98 Å². The van der Waals surface area contributed by atoms with Gasteiger partial charge in [0.1, 0.15) is 5.01 Å². The number of nitrogens with zero attached hydrogens (tertiary/aromatic N) is 1. The van der Waals surface area contributed by atoms with Crippen LogP contribution in [0, 0.1) is 6.92 Å². The van der Waals surface area contributed by atoms with Crippen molar-refractivity contribution in [3.8, 4) is 11.3 Å². The van der Waals surface area contributed by atoms with Crippen LogP contribution in [0.15, 0.2) is 28.7 Å². The molecule has 0 aliphatic carbocycles. The fraction of sp³-hybridized carbons (Fsp3) is 0.400. The van der Waals surface area contributed by atoms with Crippen LogP contribution in [0.5, 0.6) is 0 Å². The molecule has 1 aromatic carbocycles. The zero-order valence-corrected chi connectivity index (χ0v) is 14.2. The molecule has 1 aromatic heterocycles. The minimum absolute atomic E-state index is 0.121. The Hall–Kier alpha value is -0.710. The van der Waals surface area contributed by atoms with E-state index >= 15 is 0 Å². The number of rotatable bonds is 3. The first-order valence-electron chi connectivity index (χ1n) is 6.32. The maximum atomic E-state index is 4.76. The Morgan fingerprint density at radius 2 is 2.05 bits per heavy atom. The third-order valence-corrected chi connectivity index (χ3v) is 4.17. The van der Waals surface area contributed by atoms with Crippen molar-refractivity contribution in [3.05, 3.63) is 38.6 Å². The summed E-state index contributed by atoms with van der Waals surface area (Å²) in [5, 5.41) is 4.62. The standard InChI is InChI=1S/C15H19BrN2S/c1-10-14(11-6-5-7-12(16)8-11)18-13(19-10)9-17-15(2,3)4/h5-8,17H,9H2,1-4H3. The van der Waals surface area contributed by atoms with Gasteiger partial charge < -0.3 is 5.32 Å². The first kappa shape index (κ1) is 14.7. The monoisotopic (exact) mass is 338 g/mol. The Bertz CT molecular complexity index is 570. The molecule has 2 aromatic rings. The minimum atomic E-state index is 0.121. The second-order valence-electron chi connectivity index (χ2n) is 5.63. The third-order valence-electron chi connectivity index (χ3n) is 2.71. The highest BCUT2D eigenvalue weighted by Crippen LogP contribution is 2.29. The Morgan fingerprint density at radius 1 is 1.32 bits per heavy atom. The molecule has 0 radical (unpaired) electrons. The smallest absolute Gasteiger partial charge is 0.107 e. The number of hydrogen-bond acceptors (Lipinski definition) is 3. The molecule has 2 rings (SSSR count). The molecule has 4 heteroatoms. The second-order valence-corrected chi connectivity index (χ2v) is 7.83. The highest BCUT2D eigenvalue weighted by molar-refractivity contribution is 9.10. The van der Waals surface area contributed by atoms with Crippen molar-refractivity contribution in [2.24, 2.45) is 0 Å². The summed E-state index contributed by atoms with van der Waals surface area (Å²) in [6.07, 6.45) is 0. The van der Waals surface area contributed by atoms with E-state index in [1.807, 2.05) is 12.1 Å². The molecule has 0 saturated heterocycles.